The number of benzene rings is 1. The monoisotopic (exact) mass is 327 g/mol. The van der Waals surface area contributed by atoms with Gasteiger partial charge in [0.25, 0.3) is 10.0 Å². The van der Waals surface area contributed by atoms with Crippen LogP contribution in [-0.4, -0.2) is 29.3 Å². The second kappa shape index (κ2) is 5.41. The summed E-state index contributed by atoms with van der Waals surface area (Å²) in [6.45, 7) is 3.26. The highest BCUT2D eigenvalue weighted by molar-refractivity contribution is 7.92. The number of rotatable bonds is 4. The smallest absolute Gasteiger partial charge is 0.335 e. The molecule has 0 radical (unpaired) electrons. The van der Waals surface area contributed by atoms with E-state index in [1.807, 2.05) is 0 Å². The quantitative estimate of drug-likeness (QED) is 0.889. The number of hydrogen-bond donors (Lipinski definition) is 2. The molecule has 1 aromatic carbocycles. The summed E-state index contributed by atoms with van der Waals surface area (Å²) in [5, 5.41) is 13.0. The van der Waals surface area contributed by atoms with Crippen molar-refractivity contribution in [3.05, 3.63) is 41.0 Å². The molecule has 22 heavy (non-hydrogen) atoms. The SMILES string of the molecule is Cc1nn(C)c(C)c1NS(=O)(=O)c1cc(C(=O)O)ccc1F. The van der Waals surface area contributed by atoms with Crippen LogP contribution in [0.25, 0.3) is 0 Å². The third kappa shape index (κ3) is 2.80. The van der Waals surface area contributed by atoms with Gasteiger partial charge in [0.05, 0.1) is 22.6 Å². The van der Waals surface area contributed by atoms with Crippen molar-refractivity contribution in [3.8, 4) is 0 Å². The van der Waals surface area contributed by atoms with Crippen molar-refractivity contribution in [3.63, 3.8) is 0 Å². The van der Waals surface area contributed by atoms with Gasteiger partial charge in [0.1, 0.15) is 10.7 Å². The number of carboxylic acids is 1. The summed E-state index contributed by atoms with van der Waals surface area (Å²) >= 11 is 0. The summed E-state index contributed by atoms with van der Waals surface area (Å²) < 4.78 is 42.2. The van der Waals surface area contributed by atoms with Crippen molar-refractivity contribution >= 4 is 21.7 Å². The van der Waals surface area contributed by atoms with Crippen LogP contribution >= 0.6 is 0 Å². The van der Waals surface area contributed by atoms with Gasteiger partial charge in [0, 0.05) is 7.05 Å². The van der Waals surface area contributed by atoms with Gasteiger partial charge in [-0.05, 0) is 32.0 Å². The van der Waals surface area contributed by atoms with Crippen LogP contribution in [0.1, 0.15) is 21.7 Å². The molecular formula is C13H14FN3O4S. The fourth-order valence-electron chi connectivity index (χ4n) is 1.95. The lowest BCUT2D eigenvalue weighted by Gasteiger charge is -2.10. The number of nitrogens with one attached hydrogen (secondary N) is 1. The highest BCUT2D eigenvalue weighted by Gasteiger charge is 2.24. The zero-order valence-electron chi connectivity index (χ0n) is 12.1. The molecule has 0 unspecified atom stereocenters. The van der Waals surface area contributed by atoms with E-state index in [2.05, 4.69) is 9.82 Å². The van der Waals surface area contributed by atoms with Crippen LogP contribution in [0.4, 0.5) is 10.1 Å². The molecule has 0 atom stereocenters. The lowest BCUT2D eigenvalue weighted by atomic mass is 10.2. The maximum absolute atomic E-state index is 13.8. The van der Waals surface area contributed by atoms with Crippen molar-refractivity contribution in [1.29, 1.82) is 0 Å². The first kappa shape index (κ1) is 16.0. The number of carbonyl (C=O) groups is 1. The summed E-state index contributed by atoms with van der Waals surface area (Å²) in [6.07, 6.45) is 0. The summed E-state index contributed by atoms with van der Waals surface area (Å²) in [6, 6.07) is 2.58. The number of hydrogen-bond acceptors (Lipinski definition) is 4. The summed E-state index contributed by atoms with van der Waals surface area (Å²) in [7, 11) is -2.63. The minimum absolute atomic E-state index is 0.239. The Morgan fingerprint density at radius 1 is 1.36 bits per heavy atom. The minimum Gasteiger partial charge on any atom is -0.478 e. The topological polar surface area (TPSA) is 101 Å². The molecule has 0 fully saturated rings. The number of aromatic carboxylic acids is 1. The largest absolute Gasteiger partial charge is 0.478 e. The van der Waals surface area contributed by atoms with Gasteiger partial charge < -0.3 is 5.11 Å². The molecule has 2 aromatic rings. The molecule has 0 bridgehead atoms. The first-order valence-corrected chi connectivity index (χ1v) is 7.67. The average molecular weight is 327 g/mol. The Morgan fingerprint density at radius 3 is 2.50 bits per heavy atom. The zero-order chi connectivity index (χ0) is 16.7. The molecule has 0 saturated heterocycles. The van der Waals surface area contributed by atoms with Crippen LogP contribution in [-0.2, 0) is 17.1 Å². The van der Waals surface area contributed by atoms with Crippen LogP contribution in [0.5, 0.6) is 0 Å². The molecule has 0 spiro atoms. The number of anilines is 1. The fourth-order valence-corrected chi connectivity index (χ4v) is 3.23. The minimum atomic E-state index is -4.27. The van der Waals surface area contributed by atoms with Gasteiger partial charge in [-0.2, -0.15) is 5.10 Å². The second-order valence-corrected chi connectivity index (χ2v) is 6.38. The Bertz CT molecular complexity index is 858. The zero-order valence-corrected chi connectivity index (χ0v) is 12.9. The molecule has 2 N–H and O–H groups in total. The number of carboxylic acid groups (broad SMARTS) is 1. The highest BCUT2D eigenvalue weighted by Crippen LogP contribution is 2.24. The molecule has 1 aromatic heterocycles. The molecule has 0 saturated carbocycles. The van der Waals surface area contributed by atoms with E-state index in [9.17, 15) is 17.6 Å². The third-order valence-electron chi connectivity index (χ3n) is 3.21. The Morgan fingerprint density at radius 2 is 2.00 bits per heavy atom. The maximum Gasteiger partial charge on any atom is 0.335 e. The van der Waals surface area contributed by atoms with Gasteiger partial charge in [-0.15, -0.1) is 0 Å². The number of nitrogens with zero attached hydrogens (tertiary/aromatic N) is 2. The van der Waals surface area contributed by atoms with Crippen LogP contribution in [0, 0.1) is 19.7 Å². The van der Waals surface area contributed by atoms with E-state index in [-0.39, 0.29) is 11.3 Å². The molecule has 0 amide bonds. The van der Waals surface area contributed by atoms with Crippen LogP contribution in [0.3, 0.4) is 0 Å². The number of halogens is 1. The Balaban J connectivity index is 2.51. The van der Waals surface area contributed by atoms with Crippen molar-refractivity contribution < 1.29 is 22.7 Å². The van der Waals surface area contributed by atoms with Gasteiger partial charge in [-0.1, -0.05) is 0 Å². The first-order chi connectivity index (χ1) is 10.1. The first-order valence-electron chi connectivity index (χ1n) is 6.19. The van der Waals surface area contributed by atoms with Crippen molar-refractivity contribution in [2.75, 3.05) is 4.72 Å². The van der Waals surface area contributed by atoms with E-state index in [1.54, 1.807) is 20.9 Å². The second-order valence-electron chi connectivity index (χ2n) is 4.73. The van der Waals surface area contributed by atoms with Crippen molar-refractivity contribution in [2.24, 2.45) is 7.05 Å². The highest BCUT2D eigenvalue weighted by atomic mass is 32.2. The molecule has 0 aliphatic heterocycles. The van der Waals surface area contributed by atoms with E-state index in [1.165, 1.54) is 4.68 Å². The molecule has 0 aliphatic carbocycles. The van der Waals surface area contributed by atoms with Crippen molar-refractivity contribution in [1.82, 2.24) is 9.78 Å². The predicted octanol–water partition coefficient (Wildman–Crippen LogP) is 1.68. The van der Waals surface area contributed by atoms with Gasteiger partial charge >= 0.3 is 5.97 Å². The van der Waals surface area contributed by atoms with E-state index < -0.39 is 26.7 Å². The molecule has 0 aliphatic rings. The van der Waals surface area contributed by atoms with Gasteiger partial charge in [0.15, 0.2) is 0 Å². The predicted molar refractivity (Wildman–Crippen MR) is 76.8 cm³/mol. The van der Waals surface area contributed by atoms with E-state index >= 15 is 0 Å². The summed E-state index contributed by atoms with van der Waals surface area (Å²) in [5.74, 6) is -2.37. The fraction of sp³-hybridized carbons (Fsp3) is 0.231. The number of aryl methyl sites for hydroxylation is 2. The summed E-state index contributed by atoms with van der Waals surface area (Å²) in [5.41, 5.74) is 0.901. The van der Waals surface area contributed by atoms with Gasteiger partial charge in [-0.25, -0.2) is 17.6 Å². The van der Waals surface area contributed by atoms with Crippen LogP contribution in [0.2, 0.25) is 0 Å². The Hall–Kier alpha value is -2.42. The molecule has 1 heterocycles. The van der Waals surface area contributed by atoms with Gasteiger partial charge in [-0.3, -0.25) is 9.40 Å². The molecular weight excluding hydrogens is 313 g/mol. The molecule has 118 valence electrons. The molecule has 9 heteroatoms. The van der Waals surface area contributed by atoms with E-state index in [0.717, 1.165) is 18.2 Å². The number of sulfonamides is 1. The number of aromatic nitrogens is 2. The normalized spacial score (nSPS) is 11.5. The lowest BCUT2D eigenvalue weighted by molar-refractivity contribution is 0.0696. The molecule has 7 nitrogen and oxygen atoms in total. The van der Waals surface area contributed by atoms with Crippen LogP contribution in [0.15, 0.2) is 23.1 Å². The van der Waals surface area contributed by atoms with Gasteiger partial charge in [0.2, 0.25) is 0 Å². The standard InChI is InChI=1S/C13H14FN3O4S/c1-7-12(8(2)17(3)15-7)16-22(20,21)11-6-9(13(18)19)4-5-10(11)14/h4-6,16H,1-3H3,(H,18,19). The molecule has 2 rings (SSSR count). The Labute approximate surface area is 126 Å². The van der Waals surface area contributed by atoms with E-state index in [4.69, 9.17) is 5.11 Å². The van der Waals surface area contributed by atoms with Crippen molar-refractivity contribution in [2.45, 2.75) is 18.7 Å². The average Bonchev–Trinajstić information content (AvgIpc) is 2.65. The van der Waals surface area contributed by atoms with E-state index in [0.29, 0.717) is 11.4 Å². The van der Waals surface area contributed by atoms with Crippen LogP contribution < -0.4 is 4.72 Å². The lowest BCUT2D eigenvalue weighted by Crippen LogP contribution is -2.16. The third-order valence-corrected chi connectivity index (χ3v) is 4.58. The Kier molecular flexibility index (Phi) is 3.92. The summed E-state index contributed by atoms with van der Waals surface area (Å²) in [4.78, 5) is 10.2. The maximum atomic E-state index is 13.8.